The van der Waals surface area contributed by atoms with Gasteiger partial charge in [-0.2, -0.15) is 13.2 Å². The molecular weight excluding hydrogens is 694 g/mol. The Labute approximate surface area is 265 Å². The summed E-state index contributed by atoms with van der Waals surface area (Å²) >= 11 is 37.0. The van der Waals surface area contributed by atoms with Crippen molar-refractivity contribution in [1.29, 1.82) is 0 Å². The van der Waals surface area contributed by atoms with Gasteiger partial charge in [0.2, 0.25) is 11.7 Å². The smallest absolute Gasteiger partial charge is 0.326 e. The highest BCUT2D eigenvalue weighted by molar-refractivity contribution is 6.54. The molecule has 1 fully saturated rings. The second-order valence-electron chi connectivity index (χ2n) is 9.31. The molecule has 0 saturated heterocycles. The predicted octanol–water partition coefficient (Wildman–Crippen LogP) is 9.20. The van der Waals surface area contributed by atoms with Crippen LogP contribution in [0.25, 0.3) is 0 Å². The number of anilines is 1. The summed E-state index contributed by atoms with van der Waals surface area (Å²) in [5.41, 5.74) is -1.33. The molecule has 3 aromatic carbocycles. The summed E-state index contributed by atoms with van der Waals surface area (Å²) in [5.74, 6) is -8.19. The summed E-state index contributed by atoms with van der Waals surface area (Å²) in [5, 5.41) is 2.77. The molecule has 0 spiro atoms. The van der Waals surface area contributed by atoms with E-state index >= 15 is 0 Å². The van der Waals surface area contributed by atoms with Gasteiger partial charge < -0.3 is 5.32 Å². The van der Waals surface area contributed by atoms with E-state index in [1.807, 2.05) is 0 Å². The Bertz CT molecular complexity index is 1610. The third-order valence-corrected chi connectivity index (χ3v) is 8.97. The first kappa shape index (κ1) is 32.8. The Morgan fingerprint density at radius 1 is 0.857 bits per heavy atom. The maximum atomic E-state index is 14.9. The molecule has 0 aromatic heterocycles. The van der Waals surface area contributed by atoms with Gasteiger partial charge in [-0.05, 0) is 47.5 Å². The molecule has 15 heteroatoms. The van der Waals surface area contributed by atoms with E-state index < -0.39 is 75.4 Å². The van der Waals surface area contributed by atoms with E-state index in [9.17, 15) is 36.3 Å². The van der Waals surface area contributed by atoms with Gasteiger partial charge in [0.05, 0.1) is 26.0 Å². The molecule has 1 aliphatic rings. The highest BCUT2D eigenvalue weighted by Gasteiger charge is 2.67. The molecule has 0 radical (unpaired) electrons. The van der Waals surface area contributed by atoms with Crippen molar-refractivity contribution in [1.82, 2.24) is 0 Å². The zero-order valence-electron chi connectivity index (χ0n) is 20.5. The fourth-order valence-electron chi connectivity index (χ4n) is 4.33. The Morgan fingerprint density at radius 3 is 2.07 bits per heavy atom. The Kier molecular flexibility index (Phi) is 9.44. The molecule has 1 saturated carbocycles. The van der Waals surface area contributed by atoms with Crippen molar-refractivity contribution in [2.75, 3.05) is 5.32 Å². The molecule has 2 atom stereocenters. The van der Waals surface area contributed by atoms with E-state index in [2.05, 4.69) is 5.32 Å². The number of hydrogen-bond donors (Lipinski definition) is 1. The number of halogens is 11. The number of amides is 1. The average molecular weight is 708 g/mol. The van der Waals surface area contributed by atoms with Crippen LogP contribution < -0.4 is 5.32 Å². The number of alkyl halides is 5. The van der Waals surface area contributed by atoms with Crippen LogP contribution in [0.1, 0.15) is 33.0 Å². The lowest BCUT2D eigenvalue weighted by Gasteiger charge is -2.12. The summed E-state index contributed by atoms with van der Waals surface area (Å²) in [6.45, 7) is 0. The number of carbonyl (C=O) groups excluding carboxylic acids is 3. The minimum atomic E-state index is -5.23. The quantitative estimate of drug-likeness (QED) is 0.110. The van der Waals surface area contributed by atoms with E-state index in [0.29, 0.717) is 17.7 Å². The summed E-state index contributed by atoms with van der Waals surface area (Å²) < 4.78 is 65.6. The average Bonchev–Trinajstić information content (AvgIpc) is 3.48. The van der Waals surface area contributed by atoms with Gasteiger partial charge in [0.25, 0.3) is 0 Å². The van der Waals surface area contributed by atoms with Crippen molar-refractivity contribution < 1.29 is 36.3 Å². The number of benzene rings is 3. The van der Waals surface area contributed by atoms with Crippen molar-refractivity contribution in [2.45, 2.75) is 29.3 Å². The lowest BCUT2D eigenvalue weighted by atomic mass is 9.97. The summed E-state index contributed by atoms with van der Waals surface area (Å²) in [6.07, 6.45) is -7.55. The maximum absolute atomic E-state index is 14.9. The molecule has 1 amide bonds. The van der Waals surface area contributed by atoms with E-state index in [-0.39, 0.29) is 31.3 Å². The monoisotopic (exact) mass is 705 g/mol. The fourth-order valence-corrected chi connectivity index (χ4v) is 6.00. The second kappa shape index (κ2) is 12.1. The van der Waals surface area contributed by atoms with Crippen molar-refractivity contribution in [2.24, 2.45) is 5.92 Å². The van der Waals surface area contributed by atoms with Crippen LogP contribution in [0, 0.1) is 17.6 Å². The topological polar surface area (TPSA) is 63.2 Å². The van der Waals surface area contributed by atoms with E-state index in [0.717, 1.165) is 6.07 Å². The number of rotatable bonds is 8. The molecule has 3 aromatic rings. The van der Waals surface area contributed by atoms with Crippen LogP contribution >= 0.6 is 69.6 Å². The van der Waals surface area contributed by atoms with Crippen LogP contribution in [0.15, 0.2) is 42.5 Å². The largest absolute Gasteiger partial charge is 0.450 e. The zero-order chi connectivity index (χ0) is 31.3. The minimum absolute atomic E-state index is 0.0557. The number of nitrogens with one attached hydrogen (secondary N) is 1. The molecule has 1 N–H and O–H groups in total. The van der Waals surface area contributed by atoms with Crippen molar-refractivity contribution in [3.05, 3.63) is 96.4 Å². The van der Waals surface area contributed by atoms with Crippen LogP contribution in [0.4, 0.5) is 27.6 Å². The first-order valence-electron chi connectivity index (χ1n) is 11.6. The molecule has 0 bridgehead atoms. The van der Waals surface area contributed by atoms with Crippen molar-refractivity contribution in [3.63, 3.8) is 0 Å². The summed E-state index contributed by atoms with van der Waals surface area (Å²) in [4.78, 5) is 37.3. The number of carbonyl (C=O) groups is 3. The lowest BCUT2D eigenvalue weighted by Crippen LogP contribution is -2.25. The molecule has 222 valence electrons. The molecule has 4 nitrogen and oxygen atoms in total. The highest BCUT2D eigenvalue weighted by Crippen LogP contribution is 2.65. The van der Waals surface area contributed by atoms with Gasteiger partial charge in [0.15, 0.2) is 5.78 Å². The van der Waals surface area contributed by atoms with Gasteiger partial charge in [-0.1, -0.05) is 52.5 Å². The maximum Gasteiger partial charge on any atom is 0.450 e. The van der Waals surface area contributed by atoms with Crippen LogP contribution in [0.5, 0.6) is 0 Å². The van der Waals surface area contributed by atoms with Gasteiger partial charge in [0, 0.05) is 35.6 Å². The van der Waals surface area contributed by atoms with E-state index in [4.69, 9.17) is 69.6 Å². The molecule has 0 aliphatic heterocycles. The van der Waals surface area contributed by atoms with E-state index in [1.165, 1.54) is 24.3 Å². The Hall–Kier alpha value is -2.14. The predicted molar refractivity (Wildman–Crippen MR) is 151 cm³/mol. The third kappa shape index (κ3) is 6.66. The van der Waals surface area contributed by atoms with Crippen LogP contribution in [0.2, 0.25) is 20.1 Å². The van der Waals surface area contributed by atoms with Gasteiger partial charge in [-0.15, -0.1) is 23.2 Å². The van der Waals surface area contributed by atoms with Crippen LogP contribution in [-0.2, 0) is 22.4 Å². The fraction of sp³-hybridized carbons (Fsp3) is 0.222. The lowest BCUT2D eigenvalue weighted by molar-refractivity contribution is -0.170. The normalized spacial score (nSPS) is 17.6. The molecule has 42 heavy (non-hydrogen) atoms. The first-order chi connectivity index (χ1) is 19.4. The zero-order valence-corrected chi connectivity index (χ0v) is 25.0. The number of Topliss-reactive ketones (excluding diaryl/α,β-unsaturated/α-hetero) is 2. The Morgan fingerprint density at radius 2 is 1.48 bits per heavy atom. The van der Waals surface area contributed by atoms with Crippen molar-refractivity contribution in [3.8, 4) is 0 Å². The SMILES string of the molecule is O=C(Cc1c(F)ccc(CC(=O)C(F)(F)F)c1F)c1cc(NC(=O)[C@H]2[C@H](c3cc(Cl)c(Cl)c(Cl)c3)C2(Cl)Cl)ccc1Cl. The van der Waals surface area contributed by atoms with Crippen molar-refractivity contribution >= 4 is 92.8 Å². The van der Waals surface area contributed by atoms with Gasteiger partial charge in [-0.3, -0.25) is 14.4 Å². The molecule has 0 heterocycles. The number of hydrogen-bond acceptors (Lipinski definition) is 3. The summed E-state index contributed by atoms with van der Waals surface area (Å²) in [7, 11) is 0. The second-order valence-corrected chi connectivity index (χ2v) is 12.4. The van der Waals surface area contributed by atoms with Crippen LogP contribution in [0.3, 0.4) is 0 Å². The molecule has 1 aliphatic carbocycles. The number of ketones is 2. The van der Waals surface area contributed by atoms with E-state index in [1.54, 1.807) is 0 Å². The minimum Gasteiger partial charge on any atom is -0.326 e. The molecule has 0 unspecified atom stereocenters. The van der Waals surface area contributed by atoms with Crippen LogP contribution in [-0.4, -0.2) is 28.0 Å². The first-order valence-corrected chi connectivity index (χ1v) is 13.9. The highest BCUT2D eigenvalue weighted by atomic mass is 35.5. The third-order valence-electron chi connectivity index (χ3n) is 6.51. The van der Waals surface area contributed by atoms with Gasteiger partial charge >= 0.3 is 6.18 Å². The van der Waals surface area contributed by atoms with Gasteiger partial charge in [0.1, 0.15) is 16.0 Å². The Balaban J connectivity index is 1.53. The molecule has 4 rings (SSSR count). The summed E-state index contributed by atoms with van der Waals surface area (Å²) in [6, 6.07) is 8.02. The standard InChI is InChI=1S/C27H14Cl6F5NO3/c28-15-3-2-12(39-25(42)22-21(26(22,32)33)11-5-16(29)23(31)17(30)6-11)8-13(15)19(40)9-14-18(34)4-1-10(24(14)35)7-20(41)27(36,37)38/h1-6,8,21-22H,7,9H2,(H,39,42)/t21-,22+/m0/s1. The van der Waals surface area contributed by atoms with Gasteiger partial charge in [-0.25, -0.2) is 8.78 Å². The molecular formula is C27H14Cl6F5NO3.